The van der Waals surface area contributed by atoms with E-state index in [4.69, 9.17) is 4.74 Å². The number of nitrogens with zero attached hydrogens (tertiary/aromatic N) is 3. The second kappa shape index (κ2) is 14.8. The highest BCUT2D eigenvalue weighted by atomic mass is 127. The summed E-state index contributed by atoms with van der Waals surface area (Å²) >= 11 is 0. The van der Waals surface area contributed by atoms with Gasteiger partial charge in [0.15, 0.2) is 5.96 Å². The van der Waals surface area contributed by atoms with E-state index in [2.05, 4.69) is 38.0 Å². The number of ether oxygens (including phenoxy) is 1. The highest BCUT2D eigenvalue weighted by molar-refractivity contribution is 14.0. The van der Waals surface area contributed by atoms with Crippen LogP contribution < -0.4 is 20.9 Å². The molecule has 1 aromatic rings. The van der Waals surface area contributed by atoms with Crippen LogP contribution in [0.15, 0.2) is 35.3 Å². The highest BCUT2D eigenvalue weighted by Crippen LogP contribution is 2.15. The number of carbonyl (C=O) groups excluding carboxylic acids is 2. The molecule has 3 N–H and O–H groups in total. The third-order valence-electron chi connectivity index (χ3n) is 4.78. The highest BCUT2D eigenvalue weighted by Gasteiger charge is 2.21. The van der Waals surface area contributed by atoms with Crippen molar-refractivity contribution in [2.75, 3.05) is 57.3 Å². The Hall–Kier alpha value is -2.24. The summed E-state index contributed by atoms with van der Waals surface area (Å²) in [7, 11) is 0. The molecule has 9 nitrogen and oxygen atoms in total. The number of carbonyl (C=O) groups is 2. The molecule has 1 aliphatic heterocycles. The van der Waals surface area contributed by atoms with Gasteiger partial charge in [0.1, 0.15) is 5.60 Å². The number of rotatable bonds is 8. The fourth-order valence-electron chi connectivity index (χ4n) is 3.28. The number of anilines is 1. The van der Waals surface area contributed by atoms with Gasteiger partial charge in [-0.1, -0.05) is 18.2 Å². The van der Waals surface area contributed by atoms with Crippen molar-refractivity contribution in [3.63, 3.8) is 0 Å². The summed E-state index contributed by atoms with van der Waals surface area (Å²) in [6.45, 7) is 12.6. The van der Waals surface area contributed by atoms with Gasteiger partial charge >= 0.3 is 6.09 Å². The Balaban J connectivity index is 0.00000544. The van der Waals surface area contributed by atoms with Crippen molar-refractivity contribution in [2.45, 2.75) is 39.7 Å². The summed E-state index contributed by atoms with van der Waals surface area (Å²) in [5.41, 5.74) is 0.681. The molecule has 0 radical (unpaired) electrons. The lowest BCUT2D eigenvalue weighted by molar-refractivity contribution is -0.131. The Kier molecular flexibility index (Phi) is 12.9. The predicted molar refractivity (Wildman–Crippen MR) is 143 cm³/mol. The molecule has 10 heteroatoms. The monoisotopic (exact) mass is 574 g/mol. The molecule has 0 saturated carbocycles. The molecule has 1 fully saturated rings. The van der Waals surface area contributed by atoms with Crippen LogP contribution >= 0.6 is 24.0 Å². The molecule has 0 aromatic heterocycles. The van der Waals surface area contributed by atoms with Gasteiger partial charge in [-0.25, -0.2) is 4.79 Å². The molecule has 2 amide bonds. The summed E-state index contributed by atoms with van der Waals surface area (Å²) in [6, 6.07) is 10.3. The van der Waals surface area contributed by atoms with E-state index in [9.17, 15) is 9.59 Å². The van der Waals surface area contributed by atoms with Crippen molar-refractivity contribution in [1.29, 1.82) is 0 Å². The van der Waals surface area contributed by atoms with E-state index in [0.717, 1.165) is 26.2 Å². The number of piperazine rings is 1. The van der Waals surface area contributed by atoms with Crippen LogP contribution in [-0.2, 0) is 9.53 Å². The second-order valence-corrected chi connectivity index (χ2v) is 8.57. The SMILES string of the molecule is CCNC(=NCCC(=O)N1CCN(c2ccccc2)CC1)NCCNC(=O)OC(C)(C)C.I. The van der Waals surface area contributed by atoms with Crippen LogP contribution in [0, 0.1) is 0 Å². The van der Waals surface area contributed by atoms with Crippen molar-refractivity contribution in [2.24, 2.45) is 4.99 Å². The summed E-state index contributed by atoms with van der Waals surface area (Å²) in [6.07, 6.45) is -0.0721. The zero-order valence-electron chi connectivity index (χ0n) is 20.2. The van der Waals surface area contributed by atoms with Crippen molar-refractivity contribution in [3.05, 3.63) is 30.3 Å². The Labute approximate surface area is 214 Å². The molecule has 1 aliphatic rings. The molecule has 0 bridgehead atoms. The van der Waals surface area contributed by atoms with Crippen LogP contribution in [0.4, 0.5) is 10.5 Å². The molecule has 0 unspecified atom stereocenters. The maximum atomic E-state index is 12.6. The van der Waals surface area contributed by atoms with E-state index in [-0.39, 0.29) is 29.9 Å². The van der Waals surface area contributed by atoms with E-state index in [1.165, 1.54) is 5.69 Å². The molecular weight excluding hydrogens is 535 g/mol. The fourth-order valence-corrected chi connectivity index (χ4v) is 3.28. The molecule has 1 aromatic carbocycles. The number of amides is 2. The van der Waals surface area contributed by atoms with Crippen LogP contribution in [0.1, 0.15) is 34.1 Å². The minimum Gasteiger partial charge on any atom is -0.444 e. The van der Waals surface area contributed by atoms with Gasteiger partial charge < -0.3 is 30.5 Å². The molecule has 1 heterocycles. The van der Waals surface area contributed by atoms with Crippen LogP contribution in [-0.4, -0.2) is 80.8 Å². The maximum Gasteiger partial charge on any atom is 0.407 e. The first-order valence-corrected chi connectivity index (χ1v) is 11.4. The zero-order valence-corrected chi connectivity index (χ0v) is 22.6. The first-order valence-electron chi connectivity index (χ1n) is 11.4. The Morgan fingerprint density at radius 3 is 2.24 bits per heavy atom. The second-order valence-electron chi connectivity index (χ2n) is 8.57. The third-order valence-corrected chi connectivity index (χ3v) is 4.78. The van der Waals surface area contributed by atoms with Gasteiger partial charge in [0.25, 0.3) is 0 Å². The number of guanidine groups is 1. The smallest absolute Gasteiger partial charge is 0.407 e. The molecule has 186 valence electrons. The number of benzene rings is 1. The molecule has 33 heavy (non-hydrogen) atoms. The van der Waals surface area contributed by atoms with Gasteiger partial charge in [-0.2, -0.15) is 0 Å². The molecule has 1 saturated heterocycles. The van der Waals surface area contributed by atoms with Crippen molar-refractivity contribution < 1.29 is 14.3 Å². The maximum absolute atomic E-state index is 12.6. The molecule has 2 rings (SSSR count). The number of alkyl carbamates (subject to hydrolysis) is 1. The largest absolute Gasteiger partial charge is 0.444 e. The lowest BCUT2D eigenvalue weighted by atomic mass is 10.2. The van der Waals surface area contributed by atoms with Crippen LogP contribution in [0.3, 0.4) is 0 Å². The third kappa shape index (κ3) is 11.4. The normalized spacial score (nSPS) is 14.2. The number of nitrogens with one attached hydrogen (secondary N) is 3. The van der Waals surface area contributed by atoms with E-state index < -0.39 is 11.7 Å². The number of aliphatic imine (C=N–C) groups is 1. The molecule has 0 aliphatic carbocycles. The average Bonchev–Trinajstić information content (AvgIpc) is 2.76. The summed E-state index contributed by atoms with van der Waals surface area (Å²) < 4.78 is 5.20. The molecular formula is C23H39IN6O3. The number of hydrogen-bond acceptors (Lipinski definition) is 5. The molecule has 0 spiro atoms. The summed E-state index contributed by atoms with van der Waals surface area (Å²) in [5, 5.41) is 9.00. The number of para-hydroxylation sites is 1. The topological polar surface area (TPSA) is 98.3 Å². The quantitative estimate of drug-likeness (QED) is 0.191. The van der Waals surface area contributed by atoms with Gasteiger partial charge in [0.05, 0.1) is 6.54 Å². The Morgan fingerprint density at radius 2 is 1.64 bits per heavy atom. The van der Waals surface area contributed by atoms with Gasteiger partial charge in [0, 0.05) is 57.9 Å². The van der Waals surface area contributed by atoms with Gasteiger partial charge in [-0.3, -0.25) is 9.79 Å². The van der Waals surface area contributed by atoms with Crippen LogP contribution in [0.5, 0.6) is 0 Å². The first-order chi connectivity index (χ1) is 15.3. The number of halogens is 1. The average molecular weight is 575 g/mol. The van der Waals surface area contributed by atoms with E-state index in [1.807, 2.05) is 50.8 Å². The van der Waals surface area contributed by atoms with E-state index >= 15 is 0 Å². The summed E-state index contributed by atoms with van der Waals surface area (Å²) in [5.74, 6) is 0.754. The predicted octanol–water partition coefficient (Wildman–Crippen LogP) is 2.42. The van der Waals surface area contributed by atoms with Crippen molar-refractivity contribution >= 4 is 47.6 Å². The minimum atomic E-state index is -0.519. The van der Waals surface area contributed by atoms with Crippen molar-refractivity contribution in [3.8, 4) is 0 Å². The minimum absolute atomic E-state index is 0. The molecule has 0 atom stereocenters. The van der Waals surface area contributed by atoms with Gasteiger partial charge in [-0.15, -0.1) is 24.0 Å². The number of hydrogen-bond donors (Lipinski definition) is 3. The lowest BCUT2D eigenvalue weighted by Gasteiger charge is -2.36. The van der Waals surface area contributed by atoms with Gasteiger partial charge in [-0.05, 0) is 39.8 Å². The Bertz CT molecular complexity index is 746. The fraction of sp³-hybridized carbons (Fsp3) is 0.609. The standard InChI is InChI=1S/C23H38N6O3.HI/c1-5-24-21(26-13-14-27-22(31)32-23(2,3)4)25-12-11-20(30)29-17-15-28(16-18-29)19-9-7-6-8-10-19;/h6-10H,5,11-18H2,1-4H3,(H,27,31)(H2,24,25,26);1H. The van der Waals surface area contributed by atoms with Crippen molar-refractivity contribution in [1.82, 2.24) is 20.9 Å². The summed E-state index contributed by atoms with van der Waals surface area (Å²) in [4.78, 5) is 32.9. The van der Waals surface area contributed by atoms with E-state index in [1.54, 1.807) is 0 Å². The van der Waals surface area contributed by atoms with Crippen LogP contribution in [0.25, 0.3) is 0 Å². The first kappa shape index (κ1) is 28.8. The van der Waals surface area contributed by atoms with Gasteiger partial charge in [0.2, 0.25) is 5.91 Å². The van der Waals surface area contributed by atoms with Crippen LogP contribution in [0.2, 0.25) is 0 Å². The Morgan fingerprint density at radius 1 is 1.00 bits per heavy atom. The van der Waals surface area contributed by atoms with E-state index in [0.29, 0.717) is 38.6 Å². The lowest BCUT2D eigenvalue weighted by Crippen LogP contribution is -2.49. The zero-order chi connectivity index (χ0) is 23.4.